The van der Waals surface area contributed by atoms with E-state index < -0.39 is 0 Å². The highest BCUT2D eigenvalue weighted by atomic mass is 16.5. The van der Waals surface area contributed by atoms with E-state index in [1.807, 2.05) is 0 Å². The molecule has 1 aromatic rings. The molecule has 128 valence electrons. The monoisotopic (exact) mass is 317 g/mol. The van der Waals surface area contributed by atoms with Gasteiger partial charge in [-0.3, -0.25) is 4.90 Å². The van der Waals surface area contributed by atoms with Crippen LogP contribution < -0.4 is 0 Å². The van der Waals surface area contributed by atoms with Gasteiger partial charge in [-0.2, -0.15) is 0 Å². The van der Waals surface area contributed by atoms with Gasteiger partial charge in [0.15, 0.2) is 0 Å². The first kappa shape index (κ1) is 16.9. The predicted molar refractivity (Wildman–Crippen MR) is 93.5 cm³/mol. The van der Waals surface area contributed by atoms with Crippen LogP contribution in [0.25, 0.3) is 0 Å². The Morgan fingerprint density at radius 3 is 2.39 bits per heavy atom. The summed E-state index contributed by atoms with van der Waals surface area (Å²) in [5.74, 6) is 1.45. The van der Waals surface area contributed by atoms with E-state index in [0.29, 0.717) is 0 Å². The van der Waals surface area contributed by atoms with Gasteiger partial charge in [-0.1, -0.05) is 44.2 Å². The summed E-state index contributed by atoms with van der Waals surface area (Å²) in [5, 5.41) is 0. The highest BCUT2D eigenvalue weighted by Crippen LogP contribution is 2.45. The van der Waals surface area contributed by atoms with Gasteiger partial charge in [-0.15, -0.1) is 0 Å². The van der Waals surface area contributed by atoms with Gasteiger partial charge in [-0.25, -0.2) is 0 Å². The molecule has 1 aliphatic carbocycles. The van der Waals surface area contributed by atoms with Gasteiger partial charge >= 0.3 is 0 Å². The molecule has 1 aliphatic heterocycles. The van der Waals surface area contributed by atoms with Crippen LogP contribution in [-0.4, -0.2) is 44.4 Å². The van der Waals surface area contributed by atoms with Gasteiger partial charge in [0, 0.05) is 19.6 Å². The van der Waals surface area contributed by atoms with Crippen molar-refractivity contribution in [3.8, 4) is 0 Å². The first-order valence-electron chi connectivity index (χ1n) is 9.17. The maximum atomic E-state index is 6.62. The molecule has 0 radical (unpaired) electrons. The third-order valence-electron chi connectivity index (χ3n) is 5.35. The molecule has 0 bridgehead atoms. The lowest BCUT2D eigenvalue weighted by Gasteiger charge is -2.43. The summed E-state index contributed by atoms with van der Waals surface area (Å²) in [5.41, 5.74) is 1.27. The number of hydrogen-bond acceptors (Lipinski definition) is 3. The molecule has 23 heavy (non-hydrogen) atoms. The van der Waals surface area contributed by atoms with Gasteiger partial charge in [0.2, 0.25) is 0 Å². The van der Waals surface area contributed by atoms with Crippen LogP contribution in [0.3, 0.4) is 0 Å². The van der Waals surface area contributed by atoms with Crippen molar-refractivity contribution in [2.24, 2.45) is 11.8 Å². The molecule has 1 heterocycles. The van der Waals surface area contributed by atoms with Gasteiger partial charge in [0.25, 0.3) is 0 Å². The normalized spacial score (nSPS) is 32.8. The fraction of sp³-hybridized carbons (Fsp3) is 0.700. The molecule has 2 fully saturated rings. The molecule has 2 aliphatic rings. The Hall–Kier alpha value is -0.900. The van der Waals surface area contributed by atoms with Gasteiger partial charge in [0.1, 0.15) is 0 Å². The molecule has 0 aromatic heterocycles. The van der Waals surface area contributed by atoms with Crippen LogP contribution in [0.4, 0.5) is 0 Å². The number of nitrogens with zero attached hydrogens (tertiary/aromatic N) is 1. The SMILES string of the molecule is CC1CC(C)CC(OCCN2CCOCC2)(c2ccccc2)C1. The summed E-state index contributed by atoms with van der Waals surface area (Å²) in [6.07, 6.45) is 3.61. The van der Waals surface area contributed by atoms with Crippen molar-refractivity contribution < 1.29 is 9.47 Å². The molecule has 1 saturated carbocycles. The molecule has 1 saturated heterocycles. The first-order valence-corrected chi connectivity index (χ1v) is 9.17. The van der Waals surface area contributed by atoms with E-state index in [1.54, 1.807) is 0 Å². The van der Waals surface area contributed by atoms with E-state index in [2.05, 4.69) is 49.1 Å². The largest absolute Gasteiger partial charge is 0.379 e. The van der Waals surface area contributed by atoms with E-state index in [-0.39, 0.29) is 5.60 Å². The molecular formula is C20H31NO2. The first-order chi connectivity index (χ1) is 11.2. The molecule has 0 amide bonds. The Morgan fingerprint density at radius 2 is 1.74 bits per heavy atom. The van der Waals surface area contributed by atoms with Crippen molar-refractivity contribution in [1.29, 1.82) is 0 Å². The smallest absolute Gasteiger partial charge is 0.0937 e. The molecule has 3 rings (SSSR count). The fourth-order valence-corrected chi connectivity index (χ4v) is 4.44. The summed E-state index contributed by atoms with van der Waals surface area (Å²) in [6, 6.07) is 10.9. The van der Waals surface area contributed by atoms with E-state index in [4.69, 9.17) is 9.47 Å². The third kappa shape index (κ3) is 4.34. The lowest BCUT2D eigenvalue weighted by atomic mass is 9.70. The maximum Gasteiger partial charge on any atom is 0.0937 e. The highest BCUT2D eigenvalue weighted by molar-refractivity contribution is 5.23. The average Bonchev–Trinajstić information content (AvgIpc) is 2.56. The van der Waals surface area contributed by atoms with Crippen LogP contribution in [-0.2, 0) is 15.1 Å². The molecule has 3 heteroatoms. The van der Waals surface area contributed by atoms with Crippen molar-refractivity contribution in [2.75, 3.05) is 39.5 Å². The molecule has 1 aromatic carbocycles. The zero-order valence-electron chi connectivity index (χ0n) is 14.7. The zero-order chi connectivity index (χ0) is 16.1. The molecule has 2 atom stereocenters. The Morgan fingerprint density at radius 1 is 1.09 bits per heavy atom. The summed E-state index contributed by atoms with van der Waals surface area (Å²) in [7, 11) is 0. The summed E-state index contributed by atoms with van der Waals surface area (Å²) in [4.78, 5) is 2.46. The minimum Gasteiger partial charge on any atom is -0.379 e. The second-order valence-corrected chi connectivity index (χ2v) is 7.52. The van der Waals surface area contributed by atoms with Gasteiger partial charge in [-0.05, 0) is 36.7 Å². The number of morpholine rings is 1. The molecular weight excluding hydrogens is 286 g/mol. The van der Waals surface area contributed by atoms with Crippen LogP contribution in [0.5, 0.6) is 0 Å². The number of benzene rings is 1. The van der Waals surface area contributed by atoms with Crippen molar-refractivity contribution >= 4 is 0 Å². The van der Waals surface area contributed by atoms with E-state index in [0.717, 1.165) is 64.1 Å². The second kappa shape index (κ2) is 7.78. The zero-order valence-corrected chi connectivity index (χ0v) is 14.7. The Kier molecular flexibility index (Phi) is 5.73. The molecule has 0 spiro atoms. The Balaban J connectivity index is 1.68. The van der Waals surface area contributed by atoms with E-state index >= 15 is 0 Å². The summed E-state index contributed by atoms with van der Waals surface area (Å²) < 4.78 is 12.0. The number of rotatable bonds is 5. The Bertz CT molecular complexity index is 460. The summed E-state index contributed by atoms with van der Waals surface area (Å²) >= 11 is 0. The Labute approximate surface area is 141 Å². The molecule has 2 unspecified atom stereocenters. The quantitative estimate of drug-likeness (QED) is 0.827. The van der Waals surface area contributed by atoms with Gasteiger partial charge < -0.3 is 9.47 Å². The van der Waals surface area contributed by atoms with Gasteiger partial charge in [0.05, 0.1) is 25.4 Å². The van der Waals surface area contributed by atoms with Crippen molar-refractivity contribution in [3.63, 3.8) is 0 Å². The van der Waals surface area contributed by atoms with Crippen molar-refractivity contribution in [1.82, 2.24) is 4.90 Å². The second-order valence-electron chi connectivity index (χ2n) is 7.52. The lowest BCUT2D eigenvalue weighted by molar-refractivity contribution is -0.107. The summed E-state index contributed by atoms with van der Waals surface area (Å²) in [6.45, 7) is 10.4. The number of hydrogen-bond donors (Lipinski definition) is 0. The molecule has 3 nitrogen and oxygen atoms in total. The molecule has 0 N–H and O–H groups in total. The lowest BCUT2D eigenvalue weighted by Crippen LogP contribution is -2.42. The third-order valence-corrected chi connectivity index (χ3v) is 5.35. The van der Waals surface area contributed by atoms with Crippen molar-refractivity contribution in [2.45, 2.75) is 38.7 Å². The highest BCUT2D eigenvalue weighted by Gasteiger charge is 2.40. The average molecular weight is 317 g/mol. The van der Waals surface area contributed by atoms with Crippen LogP contribution in [0.1, 0.15) is 38.7 Å². The minimum atomic E-state index is -0.0926. The van der Waals surface area contributed by atoms with Crippen LogP contribution in [0.15, 0.2) is 30.3 Å². The van der Waals surface area contributed by atoms with E-state index in [1.165, 1.54) is 12.0 Å². The van der Waals surface area contributed by atoms with Crippen LogP contribution in [0.2, 0.25) is 0 Å². The minimum absolute atomic E-state index is 0.0926. The standard InChI is InChI=1S/C20H31NO2/c1-17-14-18(2)16-20(15-17,19-6-4-3-5-7-19)23-13-10-21-8-11-22-12-9-21/h3-7,17-18H,8-16H2,1-2H3. The predicted octanol–water partition coefficient (Wildman–Crippen LogP) is 3.69. The van der Waals surface area contributed by atoms with Crippen LogP contribution in [0, 0.1) is 11.8 Å². The maximum absolute atomic E-state index is 6.62. The van der Waals surface area contributed by atoms with E-state index in [9.17, 15) is 0 Å². The number of ether oxygens (including phenoxy) is 2. The van der Waals surface area contributed by atoms with Crippen molar-refractivity contribution in [3.05, 3.63) is 35.9 Å². The fourth-order valence-electron chi connectivity index (χ4n) is 4.44. The van der Waals surface area contributed by atoms with Crippen LogP contribution >= 0.6 is 0 Å². The topological polar surface area (TPSA) is 21.7 Å².